The minimum atomic E-state index is -0.995. The van der Waals surface area contributed by atoms with Gasteiger partial charge in [-0.05, 0) is 20.8 Å². The summed E-state index contributed by atoms with van der Waals surface area (Å²) in [4.78, 5) is 25.8. The lowest BCUT2D eigenvalue weighted by molar-refractivity contribution is -0.384. The number of hydrogen-bond donors (Lipinski definition) is 3. The number of anilines is 1. The normalized spacial score (nSPS) is 12.2. The first-order chi connectivity index (χ1) is 11.1. The molecule has 1 amide bonds. The van der Waals surface area contributed by atoms with Gasteiger partial charge in [0.25, 0.3) is 0 Å². The van der Waals surface area contributed by atoms with Crippen LogP contribution >= 0.6 is 0 Å². The zero-order valence-corrected chi connectivity index (χ0v) is 14.0. The fourth-order valence-electron chi connectivity index (χ4n) is 1.63. The summed E-state index contributed by atoms with van der Waals surface area (Å²) in [5.74, 6) is 0.167. The largest absolute Gasteiger partial charge is 0.481 e. The van der Waals surface area contributed by atoms with Crippen molar-refractivity contribution in [2.45, 2.75) is 32.5 Å². The summed E-state index contributed by atoms with van der Waals surface area (Å²) in [7, 11) is 1.39. The fourth-order valence-corrected chi connectivity index (χ4v) is 1.63. The first kappa shape index (κ1) is 19.4. The van der Waals surface area contributed by atoms with Gasteiger partial charge in [0.15, 0.2) is 0 Å². The number of pyridine rings is 1. The van der Waals surface area contributed by atoms with Gasteiger partial charge >= 0.3 is 11.8 Å². The predicted molar refractivity (Wildman–Crippen MR) is 86.2 cm³/mol. The highest BCUT2D eigenvalue weighted by molar-refractivity contribution is 5.67. The van der Waals surface area contributed by atoms with Crippen LogP contribution in [0.1, 0.15) is 20.8 Å². The van der Waals surface area contributed by atoms with E-state index in [-0.39, 0.29) is 30.5 Å². The topological polar surface area (TPSA) is 136 Å². The van der Waals surface area contributed by atoms with Crippen LogP contribution in [0, 0.1) is 10.1 Å². The van der Waals surface area contributed by atoms with Crippen LogP contribution < -0.4 is 15.4 Å². The number of nitrogens with one attached hydrogen (secondary N) is 2. The molecule has 0 aromatic carbocycles. The Morgan fingerprint density at radius 2 is 2.08 bits per heavy atom. The molecule has 1 unspecified atom stereocenters. The molecule has 0 saturated carbocycles. The number of ether oxygens (including phenoxy) is 2. The van der Waals surface area contributed by atoms with Gasteiger partial charge in [-0.2, -0.15) is 4.98 Å². The van der Waals surface area contributed by atoms with Crippen molar-refractivity contribution in [3.8, 4) is 5.88 Å². The number of nitrogens with zero attached hydrogens (tertiary/aromatic N) is 2. The zero-order chi connectivity index (χ0) is 18.3. The third-order valence-electron chi connectivity index (χ3n) is 2.64. The van der Waals surface area contributed by atoms with Gasteiger partial charge in [-0.3, -0.25) is 10.1 Å². The molecule has 0 aliphatic carbocycles. The molecule has 3 N–H and O–H groups in total. The van der Waals surface area contributed by atoms with Crippen LogP contribution in [0.2, 0.25) is 0 Å². The van der Waals surface area contributed by atoms with E-state index in [1.165, 1.54) is 19.2 Å². The number of aromatic nitrogens is 1. The minimum Gasteiger partial charge on any atom is -0.481 e. The molecule has 0 saturated heterocycles. The van der Waals surface area contributed by atoms with Crippen molar-refractivity contribution in [2.75, 3.05) is 25.5 Å². The number of aliphatic hydroxyl groups excluding tert-OH is 1. The second-order valence-corrected chi connectivity index (χ2v) is 5.90. The van der Waals surface area contributed by atoms with E-state index in [1.807, 2.05) is 0 Å². The van der Waals surface area contributed by atoms with Gasteiger partial charge in [0, 0.05) is 25.2 Å². The quantitative estimate of drug-likeness (QED) is 0.498. The maximum atomic E-state index is 11.5. The summed E-state index contributed by atoms with van der Waals surface area (Å²) in [5, 5.41) is 25.9. The molecule has 1 aromatic heterocycles. The zero-order valence-electron chi connectivity index (χ0n) is 14.0. The molecule has 24 heavy (non-hydrogen) atoms. The van der Waals surface area contributed by atoms with Crippen molar-refractivity contribution in [1.29, 1.82) is 0 Å². The molecule has 1 heterocycles. The van der Waals surface area contributed by atoms with Gasteiger partial charge < -0.3 is 25.2 Å². The monoisotopic (exact) mass is 342 g/mol. The van der Waals surface area contributed by atoms with E-state index in [4.69, 9.17) is 9.47 Å². The van der Waals surface area contributed by atoms with Crippen LogP contribution in [0.25, 0.3) is 0 Å². The standard InChI is InChI=1S/C14H22N4O6/c1-14(2,3)24-13(20)16-8-9(19)7-15-12-10(18(21)22)5-6-11(17-12)23-4/h5-6,9,19H,7-8H2,1-4H3,(H,15,17)(H,16,20). The van der Waals surface area contributed by atoms with E-state index in [0.29, 0.717) is 0 Å². The van der Waals surface area contributed by atoms with Crippen molar-refractivity contribution in [3.05, 3.63) is 22.2 Å². The van der Waals surface area contributed by atoms with Crippen LogP contribution in [0.3, 0.4) is 0 Å². The molecular formula is C14H22N4O6. The number of alkyl carbamates (subject to hydrolysis) is 1. The lowest BCUT2D eigenvalue weighted by Gasteiger charge is -2.20. The molecule has 0 fully saturated rings. The molecule has 0 radical (unpaired) electrons. The van der Waals surface area contributed by atoms with Crippen LogP contribution in [-0.2, 0) is 4.74 Å². The highest BCUT2D eigenvalue weighted by atomic mass is 16.6. The number of methoxy groups -OCH3 is 1. The van der Waals surface area contributed by atoms with Gasteiger partial charge in [0.1, 0.15) is 5.60 Å². The highest BCUT2D eigenvalue weighted by Gasteiger charge is 2.19. The van der Waals surface area contributed by atoms with Gasteiger partial charge in [0.05, 0.1) is 18.1 Å². The molecule has 1 aromatic rings. The van der Waals surface area contributed by atoms with Gasteiger partial charge in [-0.1, -0.05) is 0 Å². The summed E-state index contributed by atoms with van der Waals surface area (Å²) >= 11 is 0. The van der Waals surface area contributed by atoms with E-state index in [1.54, 1.807) is 20.8 Å². The number of amides is 1. The second kappa shape index (κ2) is 8.29. The third-order valence-corrected chi connectivity index (χ3v) is 2.64. The Morgan fingerprint density at radius 1 is 1.42 bits per heavy atom. The van der Waals surface area contributed by atoms with Gasteiger partial charge in [-0.25, -0.2) is 4.79 Å². The Morgan fingerprint density at radius 3 is 2.62 bits per heavy atom. The molecule has 0 aliphatic rings. The number of nitro groups is 1. The van der Waals surface area contributed by atoms with Crippen molar-refractivity contribution in [3.63, 3.8) is 0 Å². The molecule has 0 bridgehead atoms. The predicted octanol–water partition coefficient (Wildman–Crippen LogP) is 1.30. The third kappa shape index (κ3) is 6.65. The van der Waals surface area contributed by atoms with Crippen LogP contribution in [0.15, 0.2) is 12.1 Å². The van der Waals surface area contributed by atoms with Crippen molar-refractivity contribution in [1.82, 2.24) is 10.3 Å². The molecule has 0 aliphatic heterocycles. The molecule has 10 heteroatoms. The van der Waals surface area contributed by atoms with Crippen LogP contribution in [-0.4, -0.2) is 53.0 Å². The molecule has 0 spiro atoms. The summed E-state index contributed by atoms with van der Waals surface area (Å²) in [6, 6.07) is 2.61. The van der Waals surface area contributed by atoms with Crippen LogP contribution in [0.5, 0.6) is 5.88 Å². The molecule has 134 valence electrons. The Labute approximate surface area is 139 Å². The summed E-state index contributed by atoms with van der Waals surface area (Å²) in [5.41, 5.74) is -0.888. The number of aliphatic hydroxyl groups is 1. The highest BCUT2D eigenvalue weighted by Crippen LogP contribution is 2.24. The molecule has 1 atom stereocenters. The van der Waals surface area contributed by atoms with E-state index < -0.39 is 22.7 Å². The Kier molecular flexibility index (Phi) is 6.71. The lowest BCUT2D eigenvalue weighted by Crippen LogP contribution is -2.39. The van der Waals surface area contributed by atoms with E-state index in [9.17, 15) is 20.0 Å². The Balaban J connectivity index is 2.56. The van der Waals surface area contributed by atoms with E-state index >= 15 is 0 Å². The minimum absolute atomic E-state index is 0.0318. The Hall–Kier alpha value is -2.62. The molecular weight excluding hydrogens is 320 g/mol. The average molecular weight is 342 g/mol. The van der Waals surface area contributed by atoms with Gasteiger partial charge in [0.2, 0.25) is 11.7 Å². The first-order valence-corrected chi connectivity index (χ1v) is 7.20. The van der Waals surface area contributed by atoms with Crippen molar-refractivity contribution >= 4 is 17.6 Å². The van der Waals surface area contributed by atoms with E-state index in [2.05, 4.69) is 15.6 Å². The summed E-state index contributed by atoms with van der Waals surface area (Å²) < 4.78 is 9.94. The van der Waals surface area contributed by atoms with E-state index in [0.717, 1.165) is 0 Å². The Bertz CT molecular complexity index is 587. The van der Waals surface area contributed by atoms with Crippen LogP contribution in [0.4, 0.5) is 16.3 Å². The van der Waals surface area contributed by atoms with Gasteiger partial charge in [-0.15, -0.1) is 0 Å². The number of rotatable bonds is 7. The maximum Gasteiger partial charge on any atom is 0.407 e. The molecule has 10 nitrogen and oxygen atoms in total. The van der Waals surface area contributed by atoms with Crippen molar-refractivity contribution in [2.24, 2.45) is 0 Å². The summed E-state index contributed by atoms with van der Waals surface area (Å²) in [6.07, 6.45) is -1.66. The van der Waals surface area contributed by atoms with Crippen molar-refractivity contribution < 1.29 is 24.3 Å². The number of hydrogen-bond acceptors (Lipinski definition) is 8. The second-order valence-electron chi connectivity index (χ2n) is 5.90. The fraction of sp³-hybridized carbons (Fsp3) is 0.571. The average Bonchev–Trinajstić information content (AvgIpc) is 2.48. The number of carbonyl (C=O) groups is 1. The maximum absolute atomic E-state index is 11.5. The molecule has 1 rings (SSSR count). The lowest BCUT2D eigenvalue weighted by atomic mass is 10.2. The SMILES string of the molecule is COc1ccc([N+](=O)[O-])c(NCC(O)CNC(=O)OC(C)(C)C)n1. The first-order valence-electron chi connectivity index (χ1n) is 7.20. The summed E-state index contributed by atoms with van der Waals surface area (Å²) in [6.45, 7) is 5.02. The smallest absolute Gasteiger partial charge is 0.407 e. The number of carbonyl (C=O) groups excluding carboxylic acids is 1.